The monoisotopic (exact) mass is 336 g/mol. The van der Waals surface area contributed by atoms with Crippen LogP contribution in [0.1, 0.15) is 25.1 Å². The molecule has 0 spiro atoms. The zero-order chi connectivity index (χ0) is 18.1. The smallest absolute Gasteiger partial charge is 0.258 e. The minimum atomic E-state index is -0.0555. The number of aryl methyl sites for hydroxylation is 1. The number of nitrogens with two attached hydrogens (primary N) is 1. The third-order valence-electron chi connectivity index (χ3n) is 4.44. The summed E-state index contributed by atoms with van der Waals surface area (Å²) in [7, 11) is 0. The molecule has 4 nitrogen and oxygen atoms in total. The van der Waals surface area contributed by atoms with Gasteiger partial charge in [0, 0.05) is 35.1 Å². The third-order valence-corrected chi connectivity index (χ3v) is 4.44. The highest BCUT2D eigenvalue weighted by Crippen LogP contribution is 2.33. The molecule has 0 radical (unpaired) electrons. The Labute approximate surface area is 147 Å². The van der Waals surface area contributed by atoms with E-state index in [1.807, 2.05) is 31.2 Å². The molecular weight excluding hydrogens is 312 g/mol. The highest BCUT2D eigenvalue weighted by Gasteiger charge is 2.18. The van der Waals surface area contributed by atoms with Crippen LogP contribution >= 0.6 is 0 Å². The summed E-state index contributed by atoms with van der Waals surface area (Å²) in [6.07, 6.45) is 0. The number of benzene rings is 2. The van der Waals surface area contributed by atoms with Gasteiger partial charge in [0.2, 0.25) is 0 Å². The van der Waals surface area contributed by atoms with Gasteiger partial charge in [0.05, 0.1) is 0 Å². The highest BCUT2D eigenvalue weighted by atomic mass is 16.3. The molecule has 3 aromatic rings. The van der Waals surface area contributed by atoms with Crippen molar-refractivity contribution < 1.29 is 5.11 Å². The van der Waals surface area contributed by atoms with Crippen molar-refractivity contribution >= 4 is 10.8 Å². The molecule has 0 aliphatic heterocycles. The summed E-state index contributed by atoms with van der Waals surface area (Å²) in [5.41, 5.74) is 9.91. The molecule has 3 rings (SSSR count). The van der Waals surface area contributed by atoms with E-state index in [9.17, 15) is 9.90 Å². The zero-order valence-corrected chi connectivity index (χ0v) is 14.9. The van der Waals surface area contributed by atoms with Crippen LogP contribution in [-0.2, 0) is 13.1 Å². The van der Waals surface area contributed by atoms with Crippen LogP contribution in [0.25, 0.3) is 21.9 Å². The van der Waals surface area contributed by atoms with E-state index in [-0.39, 0.29) is 17.9 Å². The van der Waals surface area contributed by atoms with Crippen LogP contribution in [0.5, 0.6) is 5.75 Å². The molecule has 2 aromatic carbocycles. The Morgan fingerprint density at radius 2 is 1.76 bits per heavy atom. The van der Waals surface area contributed by atoms with Crippen LogP contribution < -0.4 is 11.3 Å². The SMILES string of the molecule is Cc1ccc(-c2c(CN)n(CC(C)C)c(=O)c3ccc(O)cc23)cc1. The fourth-order valence-electron chi connectivity index (χ4n) is 3.30. The lowest BCUT2D eigenvalue weighted by molar-refractivity contribution is 0.476. The number of hydrogen-bond donors (Lipinski definition) is 2. The van der Waals surface area contributed by atoms with E-state index in [2.05, 4.69) is 13.8 Å². The van der Waals surface area contributed by atoms with Crippen LogP contribution in [0.15, 0.2) is 47.3 Å². The van der Waals surface area contributed by atoms with E-state index < -0.39 is 0 Å². The van der Waals surface area contributed by atoms with Gasteiger partial charge in [0.25, 0.3) is 5.56 Å². The van der Waals surface area contributed by atoms with Crippen molar-refractivity contribution in [2.75, 3.05) is 0 Å². The summed E-state index contributed by atoms with van der Waals surface area (Å²) in [6, 6.07) is 13.1. The van der Waals surface area contributed by atoms with Gasteiger partial charge in [0.1, 0.15) is 5.75 Å². The van der Waals surface area contributed by atoms with E-state index in [1.54, 1.807) is 22.8 Å². The van der Waals surface area contributed by atoms with Gasteiger partial charge in [-0.05, 0) is 36.6 Å². The van der Waals surface area contributed by atoms with Gasteiger partial charge < -0.3 is 15.4 Å². The second-order valence-corrected chi connectivity index (χ2v) is 6.93. The van der Waals surface area contributed by atoms with Gasteiger partial charge in [-0.3, -0.25) is 4.79 Å². The molecule has 0 unspecified atom stereocenters. The predicted molar refractivity (Wildman–Crippen MR) is 103 cm³/mol. The molecule has 0 atom stereocenters. The maximum Gasteiger partial charge on any atom is 0.258 e. The van der Waals surface area contributed by atoms with Gasteiger partial charge in [-0.2, -0.15) is 0 Å². The lowest BCUT2D eigenvalue weighted by Gasteiger charge is -2.20. The standard InChI is InChI=1S/C21H24N2O2/c1-13(2)12-23-19(11-22)20(15-6-4-14(3)5-7-15)18-10-16(24)8-9-17(18)21(23)25/h4-10,13,24H,11-12,22H2,1-3H3. The lowest BCUT2D eigenvalue weighted by atomic mass is 9.95. The zero-order valence-electron chi connectivity index (χ0n) is 14.9. The van der Waals surface area contributed by atoms with Gasteiger partial charge in [-0.1, -0.05) is 43.7 Å². The second kappa shape index (κ2) is 6.73. The average Bonchev–Trinajstić information content (AvgIpc) is 2.57. The summed E-state index contributed by atoms with van der Waals surface area (Å²) in [5, 5.41) is 11.3. The molecule has 25 heavy (non-hydrogen) atoms. The van der Waals surface area contributed by atoms with Crippen molar-refractivity contribution in [3.63, 3.8) is 0 Å². The highest BCUT2D eigenvalue weighted by molar-refractivity contribution is 5.98. The Balaban J connectivity index is 2.46. The molecule has 0 bridgehead atoms. The summed E-state index contributed by atoms with van der Waals surface area (Å²) in [5.74, 6) is 0.466. The van der Waals surface area contributed by atoms with Crippen molar-refractivity contribution in [1.82, 2.24) is 4.57 Å². The van der Waals surface area contributed by atoms with Crippen LogP contribution in [0.2, 0.25) is 0 Å². The van der Waals surface area contributed by atoms with Gasteiger partial charge in [0.15, 0.2) is 0 Å². The first-order valence-corrected chi connectivity index (χ1v) is 8.58. The van der Waals surface area contributed by atoms with Crippen molar-refractivity contribution in [1.29, 1.82) is 0 Å². The lowest BCUT2D eigenvalue weighted by Crippen LogP contribution is -2.28. The molecule has 4 heteroatoms. The molecule has 130 valence electrons. The fraction of sp³-hybridized carbons (Fsp3) is 0.286. The van der Waals surface area contributed by atoms with Crippen LogP contribution in [-0.4, -0.2) is 9.67 Å². The second-order valence-electron chi connectivity index (χ2n) is 6.93. The molecule has 0 aliphatic rings. The van der Waals surface area contributed by atoms with E-state index >= 15 is 0 Å². The molecule has 0 aliphatic carbocycles. The van der Waals surface area contributed by atoms with Gasteiger partial charge in [-0.25, -0.2) is 0 Å². The molecule has 0 fully saturated rings. The molecule has 3 N–H and O–H groups in total. The van der Waals surface area contributed by atoms with Gasteiger partial charge in [-0.15, -0.1) is 0 Å². The molecule has 0 saturated carbocycles. The predicted octanol–water partition coefficient (Wildman–Crippen LogP) is 3.80. The number of fused-ring (bicyclic) bond motifs is 1. The number of pyridine rings is 1. The number of phenols is 1. The Morgan fingerprint density at radius 1 is 1.08 bits per heavy atom. The van der Waals surface area contributed by atoms with Crippen molar-refractivity contribution in [3.05, 3.63) is 64.1 Å². The van der Waals surface area contributed by atoms with Crippen molar-refractivity contribution in [2.24, 2.45) is 11.7 Å². The fourth-order valence-corrected chi connectivity index (χ4v) is 3.30. The van der Waals surface area contributed by atoms with E-state index in [0.717, 1.165) is 22.2 Å². The average molecular weight is 336 g/mol. The van der Waals surface area contributed by atoms with Crippen molar-refractivity contribution in [3.8, 4) is 16.9 Å². The number of aromatic nitrogens is 1. The summed E-state index contributed by atoms with van der Waals surface area (Å²) in [4.78, 5) is 13.0. The first-order chi connectivity index (χ1) is 11.9. The van der Waals surface area contributed by atoms with E-state index in [4.69, 9.17) is 5.73 Å². The van der Waals surface area contributed by atoms with Crippen LogP contribution in [0.3, 0.4) is 0 Å². The quantitative estimate of drug-likeness (QED) is 0.761. The maximum atomic E-state index is 13.0. The van der Waals surface area contributed by atoms with E-state index in [0.29, 0.717) is 17.8 Å². The number of rotatable bonds is 4. The Bertz CT molecular complexity index is 970. The minimum Gasteiger partial charge on any atom is -0.508 e. The number of nitrogens with zero attached hydrogens (tertiary/aromatic N) is 1. The summed E-state index contributed by atoms with van der Waals surface area (Å²) < 4.78 is 1.79. The summed E-state index contributed by atoms with van der Waals surface area (Å²) in [6.45, 7) is 7.08. The first kappa shape index (κ1) is 17.2. The van der Waals surface area contributed by atoms with Crippen molar-refractivity contribution in [2.45, 2.75) is 33.9 Å². The minimum absolute atomic E-state index is 0.0555. The normalized spacial score (nSPS) is 11.4. The van der Waals surface area contributed by atoms with Crippen LogP contribution in [0.4, 0.5) is 0 Å². The number of hydrogen-bond acceptors (Lipinski definition) is 3. The molecule has 1 heterocycles. The maximum absolute atomic E-state index is 13.0. The van der Waals surface area contributed by atoms with Gasteiger partial charge >= 0.3 is 0 Å². The van der Waals surface area contributed by atoms with Crippen LogP contribution in [0, 0.1) is 12.8 Å². The topological polar surface area (TPSA) is 68.2 Å². The molecule has 1 aromatic heterocycles. The first-order valence-electron chi connectivity index (χ1n) is 8.58. The largest absolute Gasteiger partial charge is 0.508 e. The number of aromatic hydroxyl groups is 1. The Morgan fingerprint density at radius 3 is 2.36 bits per heavy atom. The van der Waals surface area contributed by atoms with E-state index in [1.165, 1.54) is 5.56 Å². The molecular formula is C21H24N2O2. The third kappa shape index (κ3) is 3.17. The molecule has 0 saturated heterocycles. The summed E-state index contributed by atoms with van der Waals surface area (Å²) >= 11 is 0. The Kier molecular flexibility index (Phi) is 4.64. The molecule has 0 amide bonds. The Hall–Kier alpha value is -2.59. The number of phenolic OH excluding ortho intramolecular Hbond substituents is 1.